The number of carbonyl (C=O) groups is 2. The maximum Gasteiger partial charge on any atom is 0.321 e. The Kier molecular flexibility index (Phi) is 6.49. The molecule has 0 fully saturated rings. The third-order valence-electron chi connectivity index (χ3n) is 4.20. The Morgan fingerprint density at radius 2 is 1.71 bits per heavy atom. The van der Waals surface area contributed by atoms with Crippen molar-refractivity contribution < 1.29 is 9.59 Å². The molecule has 0 saturated heterocycles. The molecule has 0 saturated carbocycles. The average molecular weight is 395 g/mol. The summed E-state index contributed by atoms with van der Waals surface area (Å²) < 4.78 is 1.94. The van der Waals surface area contributed by atoms with E-state index >= 15 is 0 Å². The molecule has 144 valence electrons. The zero-order chi connectivity index (χ0) is 19.9. The monoisotopic (exact) mass is 394 g/mol. The van der Waals surface area contributed by atoms with Gasteiger partial charge in [-0.25, -0.2) is 9.78 Å². The van der Waals surface area contributed by atoms with Gasteiger partial charge in [-0.1, -0.05) is 72.4 Å². The molecule has 0 bridgehead atoms. The van der Waals surface area contributed by atoms with Gasteiger partial charge in [-0.05, 0) is 18.1 Å². The van der Waals surface area contributed by atoms with E-state index in [4.69, 9.17) is 0 Å². The van der Waals surface area contributed by atoms with Gasteiger partial charge in [0, 0.05) is 13.6 Å². The van der Waals surface area contributed by atoms with Crippen molar-refractivity contribution in [1.29, 1.82) is 0 Å². The molecular formula is C21H22N4O2S. The van der Waals surface area contributed by atoms with E-state index in [0.717, 1.165) is 16.8 Å². The van der Waals surface area contributed by atoms with E-state index in [2.05, 4.69) is 15.6 Å². The van der Waals surface area contributed by atoms with Crippen molar-refractivity contribution in [2.45, 2.75) is 23.9 Å². The summed E-state index contributed by atoms with van der Waals surface area (Å²) in [6, 6.07) is 18.9. The first-order valence-corrected chi connectivity index (χ1v) is 9.79. The first-order chi connectivity index (χ1) is 13.5. The number of imidazole rings is 1. The average Bonchev–Trinajstić information content (AvgIpc) is 3.08. The number of hydrogen-bond donors (Lipinski definition) is 2. The lowest BCUT2D eigenvalue weighted by Crippen LogP contribution is -2.42. The number of hydrogen-bond acceptors (Lipinski definition) is 4. The van der Waals surface area contributed by atoms with Crippen LogP contribution in [0.3, 0.4) is 0 Å². The number of nitrogens with one attached hydrogen (secondary N) is 2. The third kappa shape index (κ3) is 5.01. The molecule has 28 heavy (non-hydrogen) atoms. The van der Waals surface area contributed by atoms with E-state index < -0.39 is 11.3 Å². The van der Waals surface area contributed by atoms with Crippen LogP contribution in [0.15, 0.2) is 72.0 Å². The van der Waals surface area contributed by atoms with Crippen LogP contribution in [0.5, 0.6) is 0 Å². The Bertz CT molecular complexity index is 942. The normalized spacial score (nSPS) is 11.6. The van der Waals surface area contributed by atoms with Crippen molar-refractivity contribution in [3.05, 3.63) is 72.4 Å². The molecule has 1 aromatic heterocycles. The third-order valence-corrected chi connectivity index (χ3v) is 5.36. The van der Waals surface area contributed by atoms with Crippen LogP contribution in [0, 0.1) is 0 Å². The first-order valence-electron chi connectivity index (χ1n) is 8.91. The SMILES string of the molecule is CC(Sc1ncc(-c2ccccc2)n1C)C(=O)NC(=O)NCc1ccccc1. The van der Waals surface area contributed by atoms with Crippen molar-refractivity contribution in [2.24, 2.45) is 7.05 Å². The second kappa shape index (κ2) is 9.23. The van der Waals surface area contributed by atoms with Gasteiger partial charge in [-0.2, -0.15) is 0 Å². The lowest BCUT2D eigenvalue weighted by Gasteiger charge is -2.12. The van der Waals surface area contributed by atoms with Crippen molar-refractivity contribution in [2.75, 3.05) is 0 Å². The van der Waals surface area contributed by atoms with Gasteiger partial charge in [0.1, 0.15) is 0 Å². The molecule has 1 atom stereocenters. The van der Waals surface area contributed by atoms with Crippen LogP contribution in [0.1, 0.15) is 12.5 Å². The fourth-order valence-corrected chi connectivity index (χ4v) is 3.48. The van der Waals surface area contributed by atoms with E-state index in [0.29, 0.717) is 11.7 Å². The Labute approximate surface area is 168 Å². The molecule has 1 heterocycles. The number of thioether (sulfide) groups is 1. The smallest absolute Gasteiger partial charge is 0.321 e. The summed E-state index contributed by atoms with van der Waals surface area (Å²) in [6.45, 7) is 2.11. The zero-order valence-electron chi connectivity index (χ0n) is 15.8. The van der Waals surface area contributed by atoms with E-state index in [1.54, 1.807) is 13.1 Å². The maximum absolute atomic E-state index is 12.3. The summed E-state index contributed by atoms with van der Waals surface area (Å²) in [5.74, 6) is -0.361. The molecule has 1 unspecified atom stereocenters. The summed E-state index contributed by atoms with van der Waals surface area (Å²) in [4.78, 5) is 28.7. The molecule has 0 aliphatic rings. The second-order valence-corrected chi connectivity index (χ2v) is 7.58. The number of carbonyl (C=O) groups excluding carboxylic acids is 2. The standard InChI is InChI=1S/C21H22N4O2S/c1-15(19(26)24-20(27)22-13-16-9-5-3-6-10-16)28-21-23-14-18(25(21)2)17-11-7-4-8-12-17/h3-12,14-15H,13H2,1-2H3,(H2,22,24,26,27). The maximum atomic E-state index is 12.3. The number of amides is 3. The molecule has 2 N–H and O–H groups in total. The second-order valence-electron chi connectivity index (χ2n) is 6.27. The number of benzene rings is 2. The highest BCUT2D eigenvalue weighted by molar-refractivity contribution is 8.00. The van der Waals surface area contributed by atoms with Gasteiger partial charge in [0.05, 0.1) is 17.1 Å². The molecular weight excluding hydrogens is 372 g/mol. The number of aromatic nitrogens is 2. The lowest BCUT2D eigenvalue weighted by atomic mass is 10.2. The first kappa shape index (κ1) is 19.7. The van der Waals surface area contributed by atoms with Crippen LogP contribution in [0.2, 0.25) is 0 Å². The molecule has 0 spiro atoms. The molecule has 3 aromatic rings. The van der Waals surface area contributed by atoms with Crippen molar-refractivity contribution in [3.63, 3.8) is 0 Å². The molecule has 3 rings (SSSR count). The van der Waals surface area contributed by atoms with Gasteiger partial charge in [0.2, 0.25) is 5.91 Å². The summed E-state index contributed by atoms with van der Waals surface area (Å²) in [6.07, 6.45) is 1.79. The van der Waals surface area contributed by atoms with Gasteiger partial charge in [-0.3, -0.25) is 10.1 Å². The van der Waals surface area contributed by atoms with E-state index in [1.165, 1.54) is 11.8 Å². The molecule has 6 nitrogen and oxygen atoms in total. The number of urea groups is 1. The summed E-state index contributed by atoms with van der Waals surface area (Å²) in [5.41, 5.74) is 2.99. The largest absolute Gasteiger partial charge is 0.334 e. The number of imide groups is 1. The van der Waals surface area contributed by atoms with Gasteiger partial charge >= 0.3 is 6.03 Å². The van der Waals surface area contributed by atoms with Crippen molar-refractivity contribution in [3.8, 4) is 11.3 Å². The van der Waals surface area contributed by atoms with E-state index in [9.17, 15) is 9.59 Å². The lowest BCUT2D eigenvalue weighted by molar-refractivity contribution is -0.119. The zero-order valence-corrected chi connectivity index (χ0v) is 16.6. The summed E-state index contributed by atoms with van der Waals surface area (Å²) >= 11 is 1.31. The molecule has 0 aliphatic carbocycles. The Balaban J connectivity index is 1.54. The van der Waals surface area contributed by atoms with Gasteiger partial charge in [0.25, 0.3) is 0 Å². The fourth-order valence-electron chi connectivity index (χ4n) is 2.63. The van der Waals surface area contributed by atoms with Gasteiger partial charge in [0.15, 0.2) is 5.16 Å². The van der Waals surface area contributed by atoms with Gasteiger partial charge < -0.3 is 9.88 Å². The van der Waals surface area contributed by atoms with Gasteiger partial charge in [-0.15, -0.1) is 0 Å². The number of rotatable bonds is 6. The molecule has 0 aliphatic heterocycles. The highest BCUT2D eigenvalue weighted by Crippen LogP contribution is 2.27. The minimum Gasteiger partial charge on any atom is -0.334 e. The minimum absolute atomic E-state index is 0.361. The van der Waals surface area contributed by atoms with Crippen LogP contribution in [0.4, 0.5) is 4.79 Å². The van der Waals surface area contributed by atoms with E-state index in [1.807, 2.05) is 72.3 Å². The predicted molar refractivity (Wildman–Crippen MR) is 111 cm³/mol. The fraction of sp³-hybridized carbons (Fsp3) is 0.190. The predicted octanol–water partition coefficient (Wildman–Crippen LogP) is 3.59. The summed E-state index contributed by atoms with van der Waals surface area (Å²) in [5, 5.41) is 5.31. The number of nitrogens with zero attached hydrogens (tertiary/aromatic N) is 2. The molecule has 2 aromatic carbocycles. The topological polar surface area (TPSA) is 76.0 Å². The molecule has 0 radical (unpaired) electrons. The van der Waals surface area contributed by atoms with Crippen LogP contribution < -0.4 is 10.6 Å². The van der Waals surface area contributed by atoms with Crippen LogP contribution in [-0.4, -0.2) is 26.7 Å². The van der Waals surface area contributed by atoms with Crippen LogP contribution in [0.25, 0.3) is 11.3 Å². The Morgan fingerprint density at radius 1 is 1.07 bits per heavy atom. The van der Waals surface area contributed by atoms with Crippen LogP contribution >= 0.6 is 11.8 Å². The van der Waals surface area contributed by atoms with Crippen molar-refractivity contribution in [1.82, 2.24) is 20.2 Å². The Hall–Kier alpha value is -3.06. The molecule has 3 amide bonds. The Morgan fingerprint density at radius 3 is 2.39 bits per heavy atom. The molecule has 7 heteroatoms. The highest BCUT2D eigenvalue weighted by atomic mass is 32.2. The minimum atomic E-state index is -0.508. The van der Waals surface area contributed by atoms with Crippen molar-refractivity contribution >= 4 is 23.7 Å². The summed E-state index contributed by atoms with van der Waals surface area (Å²) in [7, 11) is 1.91. The quantitative estimate of drug-likeness (QED) is 0.627. The van der Waals surface area contributed by atoms with Crippen LogP contribution in [-0.2, 0) is 18.4 Å². The highest BCUT2D eigenvalue weighted by Gasteiger charge is 2.20. The van der Waals surface area contributed by atoms with E-state index in [-0.39, 0.29) is 5.91 Å².